The first kappa shape index (κ1) is 14.6. The summed E-state index contributed by atoms with van der Waals surface area (Å²) in [5.41, 5.74) is 1.04. The highest BCUT2D eigenvalue weighted by Crippen LogP contribution is 2.18. The highest BCUT2D eigenvalue weighted by molar-refractivity contribution is 5.43. The van der Waals surface area contributed by atoms with Crippen LogP contribution >= 0.6 is 0 Å². The fourth-order valence-corrected chi connectivity index (χ4v) is 3.55. The molecular weight excluding hydrogens is 264 g/mol. The summed E-state index contributed by atoms with van der Waals surface area (Å²) in [6.07, 6.45) is 8.04. The molecule has 2 fully saturated rings. The zero-order valence-corrected chi connectivity index (χ0v) is 13.0. The second-order valence-electron chi connectivity index (χ2n) is 6.55. The lowest BCUT2D eigenvalue weighted by Gasteiger charge is -2.30. The molecule has 2 aliphatic heterocycles. The molecule has 2 aliphatic rings. The Balaban J connectivity index is 1.67. The average molecular weight is 290 g/mol. The number of nitrogens with zero attached hydrogens (tertiary/aromatic N) is 4. The number of piperidine rings is 2. The summed E-state index contributed by atoms with van der Waals surface area (Å²) in [4.78, 5) is 16.9. The van der Waals surface area contributed by atoms with E-state index in [1.807, 2.05) is 6.20 Å². The SMILES string of the molecule is CN1CCC[C@H](Cn2ncc(N3CCCCC3)cc2=O)C1. The van der Waals surface area contributed by atoms with Crippen LogP contribution in [0.4, 0.5) is 5.69 Å². The van der Waals surface area contributed by atoms with Crippen molar-refractivity contribution in [2.75, 3.05) is 38.1 Å². The van der Waals surface area contributed by atoms with Crippen molar-refractivity contribution >= 4 is 5.69 Å². The normalized spacial score (nSPS) is 24.2. The van der Waals surface area contributed by atoms with Crippen LogP contribution in [-0.4, -0.2) is 47.9 Å². The summed E-state index contributed by atoms with van der Waals surface area (Å²) in [5.74, 6) is 0.551. The maximum Gasteiger partial charge on any atom is 0.268 e. The molecule has 0 saturated carbocycles. The van der Waals surface area contributed by atoms with Crippen molar-refractivity contribution in [1.29, 1.82) is 0 Å². The molecule has 116 valence electrons. The molecule has 0 amide bonds. The fraction of sp³-hybridized carbons (Fsp3) is 0.750. The average Bonchev–Trinajstić information content (AvgIpc) is 2.50. The molecule has 2 saturated heterocycles. The molecule has 21 heavy (non-hydrogen) atoms. The van der Waals surface area contributed by atoms with Gasteiger partial charge in [-0.2, -0.15) is 5.10 Å². The third-order valence-corrected chi connectivity index (χ3v) is 4.73. The number of hydrogen-bond acceptors (Lipinski definition) is 4. The van der Waals surface area contributed by atoms with Crippen LogP contribution in [0.2, 0.25) is 0 Å². The van der Waals surface area contributed by atoms with Gasteiger partial charge in [-0.05, 0) is 51.6 Å². The molecular formula is C16H26N4O. The van der Waals surface area contributed by atoms with Gasteiger partial charge in [0.1, 0.15) is 0 Å². The second-order valence-corrected chi connectivity index (χ2v) is 6.55. The summed E-state index contributed by atoms with van der Waals surface area (Å²) >= 11 is 0. The molecule has 0 aliphatic carbocycles. The van der Waals surface area contributed by atoms with Gasteiger partial charge in [0.05, 0.1) is 11.9 Å². The van der Waals surface area contributed by atoms with E-state index in [0.29, 0.717) is 5.92 Å². The Morgan fingerprint density at radius 1 is 1.19 bits per heavy atom. The zero-order chi connectivity index (χ0) is 14.7. The maximum atomic E-state index is 12.3. The van der Waals surface area contributed by atoms with Crippen LogP contribution < -0.4 is 10.5 Å². The molecule has 5 nitrogen and oxygen atoms in total. The molecule has 1 aromatic rings. The van der Waals surface area contributed by atoms with Gasteiger partial charge in [0.25, 0.3) is 5.56 Å². The number of rotatable bonds is 3. The lowest BCUT2D eigenvalue weighted by atomic mass is 9.98. The van der Waals surface area contributed by atoms with Crippen molar-refractivity contribution in [2.45, 2.75) is 38.6 Å². The van der Waals surface area contributed by atoms with E-state index >= 15 is 0 Å². The van der Waals surface area contributed by atoms with Crippen LogP contribution in [0.1, 0.15) is 32.1 Å². The predicted octanol–water partition coefficient (Wildman–Crippen LogP) is 1.58. The number of likely N-dealkylation sites (tertiary alicyclic amines) is 1. The summed E-state index contributed by atoms with van der Waals surface area (Å²) < 4.78 is 1.65. The predicted molar refractivity (Wildman–Crippen MR) is 84.8 cm³/mol. The van der Waals surface area contributed by atoms with Gasteiger partial charge in [0.15, 0.2) is 0 Å². The summed E-state index contributed by atoms with van der Waals surface area (Å²) in [6, 6.07) is 1.77. The monoisotopic (exact) mass is 290 g/mol. The van der Waals surface area contributed by atoms with Crippen molar-refractivity contribution in [3.63, 3.8) is 0 Å². The van der Waals surface area contributed by atoms with Crippen LogP contribution in [-0.2, 0) is 6.54 Å². The van der Waals surface area contributed by atoms with Crippen LogP contribution in [0, 0.1) is 5.92 Å². The van der Waals surface area contributed by atoms with E-state index in [1.165, 1.54) is 38.6 Å². The van der Waals surface area contributed by atoms with Gasteiger partial charge in [-0.25, -0.2) is 4.68 Å². The maximum absolute atomic E-state index is 12.3. The molecule has 5 heteroatoms. The largest absolute Gasteiger partial charge is 0.370 e. The summed E-state index contributed by atoms with van der Waals surface area (Å²) in [5, 5.41) is 4.42. The molecule has 0 unspecified atom stereocenters. The van der Waals surface area contributed by atoms with Gasteiger partial charge >= 0.3 is 0 Å². The first-order valence-corrected chi connectivity index (χ1v) is 8.23. The van der Waals surface area contributed by atoms with E-state index in [-0.39, 0.29) is 5.56 Å². The minimum absolute atomic E-state index is 0.0475. The van der Waals surface area contributed by atoms with Gasteiger partial charge in [-0.15, -0.1) is 0 Å². The van der Waals surface area contributed by atoms with Gasteiger partial charge in [0.2, 0.25) is 0 Å². The number of anilines is 1. The molecule has 0 bridgehead atoms. The molecule has 0 N–H and O–H groups in total. The van der Waals surface area contributed by atoms with Gasteiger partial charge in [0, 0.05) is 32.2 Å². The minimum Gasteiger partial charge on any atom is -0.370 e. The van der Waals surface area contributed by atoms with E-state index in [4.69, 9.17) is 0 Å². The fourth-order valence-electron chi connectivity index (χ4n) is 3.55. The topological polar surface area (TPSA) is 41.4 Å². The summed E-state index contributed by atoms with van der Waals surface area (Å²) in [6.45, 7) is 5.11. The molecule has 0 spiro atoms. The number of aromatic nitrogens is 2. The first-order valence-electron chi connectivity index (χ1n) is 8.23. The van der Waals surface area contributed by atoms with Gasteiger partial charge in [-0.3, -0.25) is 4.79 Å². The Labute approximate surface area is 126 Å². The zero-order valence-electron chi connectivity index (χ0n) is 13.0. The molecule has 3 rings (SSSR count). The molecule has 0 radical (unpaired) electrons. The molecule has 3 heterocycles. The van der Waals surface area contributed by atoms with E-state index in [9.17, 15) is 4.79 Å². The molecule has 0 aromatic carbocycles. The highest BCUT2D eigenvalue weighted by atomic mass is 16.1. The van der Waals surface area contributed by atoms with Gasteiger partial charge in [-0.1, -0.05) is 0 Å². The first-order chi connectivity index (χ1) is 10.2. The second kappa shape index (κ2) is 6.60. The van der Waals surface area contributed by atoms with Crippen LogP contribution in [0.25, 0.3) is 0 Å². The summed E-state index contributed by atoms with van der Waals surface area (Å²) in [7, 11) is 2.15. The Bertz CT molecular complexity index is 521. The number of hydrogen-bond donors (Lipinski definition) is 0. The smallest absolute Gasteiger partial charge is 0.268 e. The van der Waals surface area contributed by atoms with Crippen molar-refractivity contribution in [1.82, 2.24) is 14.7 Å². The third-order valence-electron chi connectivity index (χ3n) is 4.73. The van der Waals surface area contributed by atoms with Crippen molar-refractivity contribution < 1.29 is 0 Å². The van der Waals surface area contributed by atoms with Crippen LogP contribution in [0.15, 0.2) is 17.1 Å². The van der Waals surface area contributed by atoms with E-state index in [0.717, 1.165) is 31.9 Å². The van der Waals surface area contributed by atoms with Crippen molar-refractivity contribution in [3.05, 3.63) is 22.6 Å². The Morgan fingerprint density at radius 3 is 2.71 bits per heavy atom. The Morgan fingerprint density at radius 2 is 2.00 bits per heavy atom. The lowest BCUT2D eigenvalue weighted by molar-refractivity contribution is 0.189. The van der Waals surface area contributed by atoms with Crippen LogP contribution in [0.5, 0.6) is 0 Å². The molecule has 1 aromatic heterocycles. The Hall–Kier alpha value is -1.36. The van der Waals surface area contributed by atoms with Crippen molar-refractivity contribution in [2.24, 2.45) is 5.92 Å². The Kier molecular flexibility index (Phi) is 4.58. The third kappa shape index (κ3) is 3.64. The van der Waals surface area contributed by atoms with E-state index in [1.54, 1.807) is 10.7 Å². The quantitative estimate of drug-likeness (QED) is 0.847. The van der Waals surface area contributed by atoms with E-state index < -0.39 is 0 Å². The van der Waals surface area contributed by atoms with E-state index in [2.05, 4.69) is 21.9 Å². The standard InChI is InChI=1S/C16H26N4O/c1-18-7-5-6-14(12-18)13-20-16(21)10-15(11-17-20)19-8-3-2-4-9-19/h10-11,14H,2-9,12-13H2,1H3/t14-/m0/s1. The minimum atomic E-state index is 0.0475. The van der Waals surface area contributed by atoms with Gasteiger partial charge < -0.3 is 9.80 Å². The van der Waals surface area contributed by atoms with Crippen LogP contribution in [0.3, 0.4) is 0 Å². The van der Waals surface area contributed by atoms with Crippen molar-refractivity contribution in [3.8, 4) is 0 Å². The lowest BCUT2D eigenvalue weighted by Crippen LogP contribution is -2.37. The molecule has 1 atom stereocenters. The highest BCUT2D eigenvalue weighted by Gasteiger charge is 2.19.